The largest absolute Gasteiger partial charge is 0.345 e. The van der Waals surface area contributed by atoms with Crippen LogP contribution in [0.4, 0.5) is 4.39 Å². The van der Waals surface area contributed by atoms with Crippen LogP contribution >= 0.6 is 11.6 Å². The maximum absolute atomic E-state index is 14.4. The highest BCUT2D eigenvalue weighted by molar-refractivity contribution is 7.89. The lowest BCUT2D eigenvalue weighted by Crippen LogP contribution is -2.50. The molecule has 2 aromatic rings. The quantitative estimate of drug-likeness (QED) is 0.616. The Morgan fingerprint density at radius 3 is 2.56 bits per heavy atom. The summed E-state index contributed by atoms with van der Waals surface area (Å²) < 4.78 is 41.9. The van der Waals surface area contributed by atoms with E-state index in [-0.39, 0.29) is 59.9 Å². The predicted molar refractivity (Wildman–Crippen MR) is 136 cm³/mol. The second-order valence-electron chi connectivity index (χ2n) is 9.35. The van der Waals surface area contributed by atoms with Gasteiger partial charge in [0.2, 0.25) is 10.0 Å². The molecule has 0 radical (unpaired) electrons. The van der Waals surface area contributed by atoms with Crippen molar-refractivity contribution >= 4 is 39.3 Å². The van der Waals surface area contributed by atoms with Gasteiger partial charge in [-0.05, 0) is 61.6 Å². The van der Waals surface area contributed by atoms with Crippen LogP contribution < -0.4 is 5.32 Å². The Bertz CT molecular complexity index is 1350. The number of nitrogens with one attached hydrogen (secondary N) is 1. The Hall–Kier alpha value is -2.82. The van der Waals surface area contributed by atoms with Gasteiger partial charge in [-0.1, -0.05) is 23.7 Å². The molecule has 2 aromatic carbocycles. The Kier molecular flexibility index (Phi) is 7.23. The molecule has 1 saturated heterocycles. The maximum Gasteiger partial charge on any atom is 0.253 e. The monoisotopic (exact) mass is 534 g/mol. The second kappa shape index (κ2) is 9.91. The zero-order valence-corrected chi connectivity index (χ0v) is 21.9. The van der Waals surface area contributed by atoms with Crippen LogP contribution in [0.3, 0.4) is 0 Å². The number of halogens is 2. The van der Waals surface area contributed by atoms with Crippen molar-refractivity contribution in [3.05, 3.63) is 69.5 Å². The van der Waals surface area contributed by atoms with E-state index in [9.17, 15) is 22.4 Å². The van der Waals surface area contributed by atoms with E-state index in [0.29, 0.717) is 12.0 Å². The normalized spacial score (nSPS) is 17.7. The number of amides is 2. The molecule has 8 nitrogen and oxygen atoms in total. The van der Waals surface area contributed by atoms with Crippen LogP contribution in [0.5, 0.6) is 0 Å². The second-order valence-corrected chi connectivity index (χ2v) is 11.8. The molecule has 1 N–H and O–H groups in total. The number of amidine groups is 1. The highest BCUT2D eigenvalue weighted by atomic mass is 35.5. The van der Waals surface area contributed by atoms with Crippen molar-refractivity contribution in [2.45, 2.75) is 31.7 Å². The number of carbonyl (C=O) groups is 2. The lowest BCUT2D eigenvalue weighted by molar-refractivity contribution is -0.124. The summed E-state index contributed by atoms with van der Waals surface area (Å²) >= 11 is 5.86. The SMILES string of the molecule is Cc1cc(C(=O)N(C)C)ccc1CCS(=O)(=O)N1CCC2(CC1)N=C(c1cccc(Cl)c1F)NC2=O. The fourth-order valence-electron chi connectivity index (χ4n) is 4.54. The number of aryl methyl sites for hydroxylation is 2. The van der Waals surface area contributed by atoms with Gasteiger partial charge in [-0.25, -0.2) is 17.1 Å². The van der Waals surface area contributed by atoms with E-state index in [0.717, 1.165) is 11.1 Å². The van der Waals surface area contributed by atoms with Gasteiger partial charge < -0.3 is 10.2 Å². The van der Waals surface area contributed by atoms with Crippen molar-refractivity contribution in [1.82, 2.24) is 14.5 Å². The van der Waals surface area contributed by atoms with E-state index in [4.69, 9.17) is 11.6 Å². The number of carbonyl (C=O) groups excluding carboxylic acids is 2. The van der Waals surface area contributed by atoms with Crippen molar-refractivity contribution < 1.29 is 22.4 Å². The van der Waals surface area contributed by atoms with Crippen LogP contribution in [0.2, 0.25) is 5.02 Å². The zero-order valence-electron chi connectivity index (χ0n) is 20.3. The van der Waals surface area contributed by atoms with Crippen LogP contribution in [0, 0.1) is 12.7 Å². The first kappa shape index (κ1) is 26.2. The lowest BCUT2D eigenvalue weighted by atomic mass is 9.89. The Morgan fingerprint density at radius 2 is 1.92 bits per heavy atom. The van der Waals surface area contributed by atoms with Crippen molar-refractivity contribution in [1.29, 1.82) is 0 Å². The highest BCUT2D eigenvalue weighted by Gasteiger charge is 2.47. The summed E-state index contributed by atoms with van der Waals surface area (Å²) in [5, 5.41) is 2.57. The average Bonchev–Trinajstić information content (AvgIpc) is 3.14. The third-order valence-electron chi connectivity index (χ3n) is 6.76. The molecule has 4 rings (SSSR count). The molecule has 0 aliphatic carbocycles. The molecule has 1 fully saturated rings. The van der Waals surface area contributed by atoms with Gasteiger partial charge in [0, 0.05) is 32.7 Å². The number of nitrogens with zero attached hydrogens (tertiary/aromatic N) is 3. The van der Waals surface area contributed by atoms with Gasteiger partial charge >= 0.3 is 0 Å². The number of aliphatic imine (C=N–C) groups is 1. The molecule has 0 saturated carbocycles. The molecule has 11 heteroatoms. The van der Waals surface area contributed by atoms with Crippen LogP contribution in [0.15, 0.2) is 41.4 Å². The van der Waals surface area contributed by atoms with E-state index < -0.39 is 21.4 Å². The van der Waals surface area contributed by atoms with E-state index in [1.165, 1.54) is 21.3 Å². The number of hydrogen-bond donors (Lipinski definition) is 1. The number of sulfonamides is 1. The molecule has 2 aliphatic heterocycles. The summed E-state index contributed by atoms with van der Waals surface area (Å²) in [5.74, 6) is -1.11. The first-order valence-corrected chi connectivity index (χ1v) is 13.6. The molecule has 192 valence electrons. The molecule has 0 atom stereocenters. The van der Waals surface area contributed by atoms with E-state index in [2.05, 4.69) is 10.3 Å². The summed E-state index contributed by atoms with van der Waals surface area (Å²) in [5.41, 5.74) is 1.25. The van der Waals surface area contributed by atoms with Gasteiger partial charge in [0.15, 0.2) is 5.82 Å². The first-order valence-electron chi connectivity index (χ1n) is 11.6. The standard InChI is InChI=1S/C25H28ClFN4O4S/c1-16-15-18(23(32)30(2)3)8-7-17(16)9-14-36(34,35)31-12-10-25(11-13-31)24(33)28-22(29-25)19-5-4-6-20(26)21(19)27/h4-8,15H,9-14H2,1-3H3,(H,28,29,33). The summed E-state index contributed by atoms with van der Waals surface area (Å²) in [6.07, 6.45) is 0.706. The number of benzene rings is 2. The smallest absolute Gasteiger partial charge is 0.253 e. The molecule has 1 spiro atoms. The summed E-state index contributed by atoms with van der Waals surface area (Å²) in [6, 6.07) is 9.75. The molecular weight excluding hydrogens is 507 g/mol. The minimum Gasteiger partial charge on any atom is -0.345 e. The van der Waals surface area contributed by atoms with Crippen LogP contribution in [0.25, 0.3) is 0 Å². The maximum atomic E-state index is 14.4. The van der Waals surface area contributed by atoms with Gasteiger partial charge in [0.1, 0.15) is 11.4 Å². The summed E-state index contributed by atoms with van der Waals surface area (Å²) in [4.78, 5) is 30.9. The minimum atomic E-state index is -3.58. The van der Waals surface area contributed by atoms with Crippen LogP contribution in [-0.2, 0) is 21.2 Å². The van der Waals surface area contributed by atoms with Gasteiger partial charge in [-0.2, -0.15) is 0 Å². The third-order valence-corrected chi connectivity index (χ3v) is 8.92. The third kappa shape index (κ3) is 5.02. The van der Waals surface area contributed by atoms with Gasteiger partial charge in [0.25, 0.3) is 11.8 Å². The van der Waals surface area contributed by atoms with Gasteiger partial charge in [-0.15, -0.1) is 0 Å². The fourth-order valence-corrected chi connectivity index (χ4v) is 6.19. The van der Waals surface area contributed by atoms with E-state index in [1.807, 2.05) is 6.92 Å². The number of piperidine rings is 1. The summed E-state index contributed by atoms with van der Waals surface area (Å²) in [7, 11) is -0.223. The average molecular weight is 535 g/mol. The fraction of sp³-hybridized carbons (Fsp3) is 0.400. The predicted octanol–water partition coefficient (Wildman–Crippen LogP) is 2.77. The van der Waals surface area contributed by atoms with Crippen molar-refractivity contribution in [2.24, 2.45) is 4.99 Å². The number of rotatable bonds is 6. The molecule has 2 amide bonds. The van der Waals surface area contributed by atoms with Crippen LogP contribution in [-0.4, -0.2) is 73.7 Å². The Balaban J connectivity index is 1.42. The van der Waals surface area contributed by atoms with E-state index >= 15 is 0 Å². The minimum absolute atomic E-state index is 0.0690. The molecule has 36 heavy (non-hydrogen) atoms. The lowest BCUT2D eigenvalue weighted by Gasteiger charge is -2.34. The van der Waals surface area contributed by atoms with Crippen molar-refractivity contribution in [2.75, 3.05) is 32.9 Å². The first-order chi connectivity index (χ1) is 16.9. The molecule has 0 bridgehead atoms. The topological polar surface area (TPSA) is 99.2 Å². The number of hydrogen-bond acceptors (Lipinski definition) is 5. The zero-order chi connectivity index (χ0) is 26.3. The molecule has 2 heterocycles. The van der Waals surface area contributed by atoms with Crippen molar-refractivity contribution in [3.63, 3.8) is 0 Å². The van der Waals surface area contributed by atoms with Gasteiger partial charge in [0.05, 0.1) is 16.3 Å². The molecule has 0 aromatic heterocycles. The molecule has 2 aliphatic rings. The molecule has 0 unspecified atom stereocenters. The van der Waals surface area contributed by atoms with Gasteiger partial charge in [-0.3, -0.25) is 14.6 Å². The molecular formula is C25H28ClFN4O4S. The Labute approximate surface area is 215 Å². The Morgan fingerprint density at radius 1 is 1.22 bits per heavy atom. The summed E-state index contributed by atoms with van der Waals surface area (Å²) in [6.45, 7) is 2.13. The van der Waals surface area contributed by atoms with E-state index in [1.54, 1.807) is 38.4 Å². The highest BCUT2D eigenvalue weighted by Crippen LogP contribution is 2.33. The van der Waals surface area contributed by atoms with Crippen LogP contribution in [0.1, 0.15) is 39.9 Å². The van der Waals surface area contributed by atoms with Crippen molar-refractivity contribution in [3.8, 4) is 0 Å².